The molecule has 1 saturated carbocycles. The van der Waals surface area contributed by atoms with Crippen molar-refractivity contribution in [2.24, 2.45) is 0 Å². The van der Waals surface area contributed by atoms with Crippen LogP contribution < -0.4 is 10.6 Å². The van der Waals surface area contributed by atoms with Crippen molar-refractivity contribution in [3.63, 3.8) is 0 Å². The average Bonchev–Trinajstić information content (AvgIpc) is 3.03. The van der Waals surface area contributed by atoms with Crippen LogP contribution in [0.15, 0.2) is 90.9 Å². The fourth-order valence-corrected chi connectivity index (χ4v) is 5.86. The van der Waals surface area contributed by atoms with E-state index >= 15 is 0 Å². The Morgan fingerprint density at radius 2 is 1.25 bits per heavy atom. The SMILES string of the molecule is O=C(NC1=C(c2ncccc2Cl)CC1)c1ccccc1C(F)(F)F.O=C(N[C@H]1CC[C@H]1c1ncccc1Cl)c1ccccc1C(F)(F)F. The first-order chi connectivity index (χ1) is 22.8. The summed E-state index contributed by atoms with van der Waals surface area (Å²) in [4.78, 5) is 33.0. The minimum absolute atomic E-state index is 0.0827. The number of nitrogens with one attached hydrogen (secondary N) is 2. The summed E-state index contributed by atoms with van der Waals surface area (Å²) in [6.45, 7) is 0. The van der Waals surface area contributed by atoms with Crippen molar-refractivity contribution in [2.45, 2.75) is 50.0 Å². The molecule has 48 heavy (non-hydrogen) atoms. The van der Waals surface area contributed by atoms with Crippen LogP contribution in [0, 0.1) is 0 Å². The molecule has 0 saturated heterocycles. The topological polar surface area (TPSA) is 84.0 Å². The fourth-order valence-electron chi connectivity index (χ4n) is 5.36. The van der Waals surface area contributed by atoms with Crippen molar-refractivity contribution >= 4 is 40.6 Å². The first kappa shape index (κ1) is 34.9. The summed E-state index contributed by atoms with van der Waals surface area (Å²) in [5.74, 6) is -1.60. The summed E-state index contributed by atoms with van der Waals surface area (Å²) in [6.07, 6.45) is -3.30. The largest absolute Gasteiger partial charge is 0.417 e. The number of rotatable bonds is 6. The highest BCUT2D eigenvalue weighted by Crippen LogP contribution is 2.40. The van der Waals surface area contributed by atoms with Gasteiger partial charge in [-0.3, -0.25) is 19.6 Å². The van der Waals surface area contributed by atoms with Crippen molar-refractivity contribution < 1.29 is 35.9 Å². The van der Waals surface area contributed by atoms with Crippen LogP contribution in [0.5, 0.6) is 0 Å². The van der Waals surface area contributed by atoms with Gasteiger partial charge in [0.1, 0.15) is 0 Å². The number of carbonyl (C=O) groups is 2. The number of benzene rings is 2. The maximum Gasteiger partial charge on any atom is 0.417 e. The molecule has 6 nitrogen and oxygen atoms in total. The molecule has 0 spiro atoms. The average molecular weight is 708 g/mol. The third kappa shape index (κ3) is 7.82. The molecule has 4 aromatic rings. The Morgan fingerprint density at radius 3 is 1.75 bits per heavy atom. The van der Waals surface area contributed by atoms with Gasteiger partial charge in [0.15, 0.2) is 0 Å². The smallest absolute Gasteiger partial charge is 0.349 e. The molecule has 2 aromatic heterocycles. The van der Waals surface area contributed by atoms with E-state index in [0.29, 0.717) is 46.4 Å². The van der Waals surface area contributed by atoms with Gasteiger partial charge in [-0.05, 0) is 79.8 Å². The lowest BCUT2D eigenvalue weighted by Gasteiger charge is -2.37. The van der Waals surface area contributed by atoms with Gasteiger partial charge in [0.2, 0.25) is 0 Å². The van der Waals surface area contributed by atoms with Gasteiger partial charge in [0, 0.05) is 30.1 Å². The molecular formula is C34H26Cl2F6N4O2. The van der Waals surface area contributed by atoms with Crippen molar-refractivity contribution in [1.29, 1.82) is 0 Å². The third-order valence-corrected chi connectivity index (χ3v) is 8.61. The maximum absolute atomic E-state index is 13.0. The molecule has 6 rings (SSSR count). The highest BCUT2D eigenvalue weighted by molar-refractivity contribution is 6.32. The standard InChI is InChI=1S/C17H14ClF3N2O.C17H12ClF3N2O/c2*18-13-6-3-9-22-15(13)11-7-8-14(11)23-16(24)10-4-1-2-5-12(10)17(19,20)21/h1-6,9,11,14H,7-8H2,(H,23,24);1-6,9H,7-8H2,(H,23,24)/t11-,14+;/m1./s1. The van der Waals surface area contributed by atoms with Crippen LogP contribution in [0.4, 0.5) is 26.3 Å². The highest BCUT2D eigenvalue weighted by Gasteiger charge is 2.39. The van der Waals surface area contributed by atoms with Crippen LogP contribution in [0.25, 0.3) is 5.57 Å². The number of carbonyl (C=O) groups excluding carboxylic acids is 2. The molecule has 2 amide bonds. The Labute approximate surface area is 281 Å². The molecule has 2 aliphatic carbocycles. The summed E-state index contributed by atoms with van der Waals surface area (Å²) in [6, 6.07) is 16.0. The number of alkyl halides is 6. The quantitative estimate of drug-likeness (QED) is 0.196. The predicted octanol–water partition coefficient (Wildman–Crippen LogP) is 9.12. The zero-order chi connectivity index (χ0) is 34.6. The van der Waals surface area contributed by atoms with Gasteiger partial charge in [0.05, 0.1) is 43.7 Å². The molecule has 1 fully saturated rings. The Hall–Kier alpha value is -4.42. The van der Waals surface area contributed by atoms with Crippen molar-refractivity contribution in [3.8, 4) is 0 Å². The second kappa shape index (κ2) is 14.4. The van der Waals surface area contributed by atoms with Crippen molar-refractivity contribution in [3.05, 3.63) is 135 Å². The van der Waals surface area contributed by atoms with Gasteiger partial charge in [-0.2, -0.15) is 26.3 Å². The zero-order valence-corrected chi connectivity index (χ0v) is 26.3. The van der Waals surface area contributed by atoms with Gasteiger partial charge in [-0.15, -0.1) is 0 Å². The van der Waals surface area contributed by atoms with Crippen LogP contribution >= 0.6 is 23.2 Å². The molecular weight excluding hydrogens is 681 g/mol. The normalized spacial score (nSPS) is 17.3. The molecule has 14 heteroatoms. The van der Waals surface area contributed by atoms with E-state index < -0.39 is 40.9 Å². The molecule has 0 aliphatic heterocycles. The number of aromatic nitrogens is 2. The second-order valence-corrected chi connectivity index (χ2v) is 11.8. The Bertz CT molecular complexity index is 1860. The van der Waals surface area contributed by atoms with Crippen LogP contribution in [0.1, 0.15) is 74.8 Å². The van der Waals surface area contributed by atoms with Gasteiger partial charge in [-0.1, -0.05) is 47.5 Å². The first-order valence-electron chi connectivity index (χ1n) is 14.6. The number of allylic oxidation sites excluding steroid dienone is 2. The lowest BCUT2D eigenvalue weighted by molar-refractivity contribution is -0.138. The van der Waals surface area contributed by atoms with E-state index in [1.54, 1.807) is 36.7 Å². The lowest BCUT2D eigenvalue weighted by Crippen LogP contribution is -2.46. The lowest BCUT2D eigenvalue weighted by atomic mass is 9.77. The van der Waals surface area contributed by atoms with E-state index in [2.05, 4.69) is 20.6 Å². The number of hydrogen-bond acceptors (Lipinski definition) is 4. The molecule has 0 bridgehead atoms. The number of nitrogens with zero attached hydrogens (tertiary/aromatic N) is 2. The molecule has 2 N–H and O–H groups in total. The molecule has 2 aliphatic rings. The van der Waals surface area contributed by atoms with E-state index in [-0.39, 0.29) is 17.5 Å². The maximum atomic E-state index is 13.0. The molecule has 0 unspecified atom stereocenters. The molecule has 2 aromatic carbocycles. The van der Waals surface area contributed by atoms with Crippen LogP contribution in [-0.4, -0.2) is 27.8 Å². The van der Waals surface area contributed by atoms with Crippen molar-refractivity contribution in [2.75, 3.05) is 0 Å². The zero-order valence-electron chi connectivity index (χ0n) is 24.8. The van der Waals surface area contributed by atoms with Crippen LogP contribution in [0.2, 0.25) is 10.0 Å². The highest BCUT2D eigenvalue weighted by atomic mass is 35.5. The molecule has 2 heterocycles. The number of pyridine rings is 2. The minimum Gasteiger partial charge on any atom is -0.349 e. The predicted molar refractivity (Wildman–Crippen MR) is 168 cm³/mol. The van der Waals surface area contributed by atoms with Gasteiger partial charge >= 0.3 is 12.4 Å². The Morgan fingerprint density at radius 1 is 0.688 bits per heavy atom. The number of halogens is 8. The third-order valence-electron chi connectivity index (χ3n) is 7.98. The van der Waals surface area contributed by atoms with Gasteiger partial charge in [-0.25, -0.2) is 0 Å². The summed E-state index contributed by atoms with van der Waals surface area (Å²) in [5.41, 5.74) is -0.159. The van der Waals surface area contributed by atoms with E-state index in [4.69, 9.17) is 23.2 Å². The molecule has 250 valence electrons. The van der Waals surface area contributed by atoms with E-state index in [1.165, 1.54) is 30.3 Å². The Balaban J connectivity index is 0.000000188. The number of hydrogen-bond donors (Lipinski definition) is 2. The number of amides is 2. The van der Waals surface area contributed by atoms with E-state index in [9.17, 15) is 35.9 Å². The summed E-state index contributed by atoms with van der Waals surface area (Å²) in [5, 5.41) is 6.18. The van der Waals surface area contributed by atoms with E-state index in [1.807, 2.05) is 0 Å². The van der Waals surface area contributed by atoms with Crippen LogP contribution in [0.3, 0.4) is 0 Å². The first-order valence-corrected chi connectivity index (χ1v) is 15.4. The minimum atomic E-state index is -4.59. The molecule has 0 radical (unpaired) electrons. The Kier molecular flexibility index (Phi) is 10.4. The summed E-state index contributed by atoms with van der Waals surface area (Å²) in [7, 11) is 0. The monoisotopic (exact) mass is 706 g/mol. The van der Waals surface area contributed by atoms with Gasteiger partial charge < -0.3 is 10.6 Å². The summed E-state index contributed by atoms with van der Waals surface area (Å²) < 4.78 is 78.1. The summed E-state index contributed by atoms with van der Waals surface area (Å²) >= 11 is 12.2. The van der Waals surface area contributed by atoms with Crippen molar-refractivity contribution in [1.82, 2.24) is 20.6 Å². The fraction of sp³-hybridized carbons (Fsp3) is 0.235. The second-order valence-electron chi connectivity index (χ2n) is 11.0. The molecule has 2 atom stereocenters. The van der Waals surface area contributed by atoms with Gasteiger partial charge in [0.25, 0.3) is 11.8 Å². The van der Waals surface area contributed by atoms with E-state index in [0.717, 1.165) is 30.2 Å². The van der Waals surface area contributed by atoms with Crippen LogP contribution in [-0.2, 0) is 12.4 Å².